The molecule has 4 rings (SSSR count). The molecule has 1 N–H and O–H groups in total. The van der Waals surface area contributed by atoms with Crippen LogP contribution < -0.4 is 10.2 Å². The van der Waals surface area contributed by atoms with E-state index in [1.54, 1.807) is 0 Å². The van der Waals surface area contributed by atoms with Crippen molar-refractivity contribution >= 4 is 17.5 Å². The average molecular weight is 422 g/mol. The number of anilines is 1. The first kappa shape index (κ1) is 21.2. The first-order chi connectivity index (χ1) is 14.9. The molecule has 1 saturated heterocycles. The summed E-state index contributed by atoms with van der Waals surface area (Å²) in [6, 6.07) is 7.61. The third-order valence-corrected chi connectivity index (χ3v) is 5.72. The van der Waals surface area contributed by atoms with Crippen LogP contribution in [-0.2, 0) is 4.79 Å². The summed E-state index contributed by atoms with van der Waals surface area (Å²) in [5, 5.41) is 11.9. The summed E-state index contributed by atoms with van der Waals surface area (Å²) in [5.74, 6) is 1.87. The summed E-state index contributed by atoms with van der Waals surface area (Å²) < 4.78 is 1.96. The summed E-state index contributed by atoms with van der Waals surface area (Å²) in [6.45, 7) is 9.77. The molecule has 1 amide bonds. The largest absolute Gasteiger partial charge is 0.346 e. The van der Waals surface area contributed by atoms with Gasteiger partial charge in [0.1, 0.15) is 0 Å². The fraction of sp³-hybridized carbons (Fsp3) is 0.522. The van der Waals surface area contributed by atoms with Gasteiger partial charge in [0.15, 0.2) is 11.5 Å². The molecule has 0 aliphatic carbocycles. The van der Waals surface area contributed by atoms with Gasteiger partial charge in [0, 0.05) is 30.7 Å². The highest BCUT2D eigenvalue weighted by molar-refractivity contribution is 5.80. The molecular formula is C23H31N7O. The minimum Gasteiger partial charge on any atom is -0.346 e. The van der Waals surface area contributed by atoms with Gasteiger partial charge in [-0.1, -0.05) is 19.9 Å². The Morgan fingerprint density at radius 3 is 2.71 bits per heavy atom. The van der Waals surface area contributed by atoms with Crippen molar-refractivity contribution in [1.29, 1.82) is 0 Å². The molecule has 0 radical (unpaired) electrons. The lowest BCUT2D eigenvalue weighted by atomic mass is 9.96. The molecule has 8 heteroatoms. The van der Waals surface area contributed by atoms with Crippen LogP contribution in [0.2, 0.25) is 0 Å². The predicted octanol–water partition coefficient (Wildman–Crippen LogP) is 3.26. The second-order valence-electron chi connectivity index (χ2n) is 8.91. The lowest BCUT2D eigenvalue weighted by Gasteiger charge is -2.33. The SMILES string of the molecule is Cc1cc(C)nc(N2CCC[C@@H](C(=O)N[C@H](CC(C)C)c3nnc4ccccn34)C2)n1. The first-order valence-corrected chi connectivity index (χ1v) is 11.1. The smallest absolute Gasteiger partial charge is 0.225 e. The molecule has 31 heavy (non-hydrogen) atoms. The Kier molecular flexibility index (Phi) is 6.15. The summed E-state index contributed by atoms with van der Waals surface area (Å²) in [6.07, 6.45) is 4.56. The summed E-state index contributed by atoms with van der Waals surface area (Å²) in [7, 11) is 0. The molecule has 164 valence electrons. The second-order valence-corrected chi connectivity index (χ2v) is 8.91. The molecule has 4 heterocycles. The van der Waals surface area contributed by atoms with Crippen LogP contribution in [0.3, 0.4) is 0 Å². The van der Waals surface area contributed by atoms with E-state index in [1.807, 2.05) is 48.7 Å². The Bertz CT molecular complexity index is 1040. The number of aromatic nitrogens is 5. The molecule has 1 aliphatic heterocycles. The van der Waals surface area contributed by atoms with E-state index >= 15 is 0 Å². The average Bonchev–Trinajstić information content (AvgIpc) is 3.16. The number of rotatable bonds is 6. The van der Waals surface area contributed by atoms with Gasteiger partial charge in [-0.25, -0.2) is 9.97 Å². The Labute approximate surface area is 183 Å². The van der Waals surface area contributed by atoms with E-state index in [-0.39, 0.29) is 17.9 Å². The minimum atomic E-state index is -0.183. The van der Waals surface area contributed by atoms with Crippen LogP contribution in [0.4, 0.5) is 5.95 Å². The zero-order chi connectivity index (χ0) is 22.0. The van der Waals surface area contributed by atoms with Gasteiger partial charge in [-0.3, -0.25) is 9.20 Å². The van der Waals surface area contributed by atoms with Crippen LogP contribution in [0, 0.1) is 25.7 Å². The third-order valence-electron chi connectivity index (χ3n) is 5.72. The molecular weight excluding hydrogens is 390 g/mol. The van der Waals surface area contributed by atoms with Gasteiger partial charge >= 0.3 is 0 Å². The Morgan fingerprint density at radius 2 is 1.97 bits per heavy atom. The van der Waals surface area contributed by atoms with Crippen molar-refractivity contribution in [3.05, 3.63) is 47.7 Å². The molecule has 0 aromatic carbocycles. The fourth-order valence-corrected chi connectivity index (χ4v) is 4.31. The molecule has 0 saturated carbocycles. The van der Waals surface area contributed by atoms with E-state index in [1.165, 1.54) is 0 Å². The van der Waals surface area contributed by atoms with Crippen molar-refractivity contribution < 1.29 is 4.79 Å². The highest BCUT2D eigenvalue weighted by atomic mass is 16.2. The number of piperidine rings is 1. The number of hydrogen-bond donors (Lipinski definition) is 1. The van der Waals surface area contributed by atoms with Crippen molar-refractivity contribution in [1.82, 2.24) is 29.9 Å². The van der Waals surface area contributed by atoms with Gasteiger partial charge in [0.05, 0.1) is 12.0 Å². The topological polar surface area (TPSA) is 88.3 Å². The molecule has 0 spiro atoms. The zero-order valence-electron chi connectivity index (χ0n) is 18.7. The number of nitrogens with zero attached hydrogens (tertiary/aromatic N) is 6. The number of amides is 1. The molecule has 3 aromatic heterocycles. The molecule has 1 fully saturated rings. The van der Waals surface area contributed by atoms with Gasteiger partial charge in [0.2, 0.25) is 11.9 Å². The van der Waals surface area contributed by atoms with E-state index in [2.05, 4.69) is 44.2 Å². The minimum absolute atomic E-state index is 0.0624. The number of fused-ring (bicyclic) bond motifs is 1. The van der Waals surface area contributed by atoms with Gasteiger partial charge < -0.3 is 10.2 Å². The number of pyridine rings is 1. The lowest BCUT2D eigenvalue weighted by Crippen LogP contribution is -2.45. The zero-order valence-corrected chi connectivity index (χ0v) is 18.7. The highest BCUT2D eigenvalue weighted by Crippen LogP contribution is 2.25. The van der Waals surface area contributed by atoms with Crippen LogP contribution in [0.25, 0.3) is 5.65 Å². The maximum atomic E-state index is 13.3. The first-order valence-electron chi connectivity index (χ1n) is 11.1. The molecule has 3 aromatic rings. The predicted molar refractivity (Wildman–Crippen MR) is 120 cm³/mol. The van der Waals surface area contributed by atoms with Crippen LogP contribution in [0.1, 0.15) is 56.4 Å². The third kappa shape index (κ3) is 4.84. The van der Waals surface area contributed by atoms with Crippen LogP contribution in [0.5, 0.6) is 0 Å². The van der Waals surface area contributed by atoms with E-state index < -0.39 is 0 Å². The molecule has 0 unspecified atom stereocenters. The van der Waals surface area contributed by atoms with Gasteiger partial charge in [-0.15, -0.1) is 10.2 Å². The molecule has 1 aliphatic rings. The monoisotopic (exact) mass is 421 g/mol. The number of hydrogen-bond acceptors (Lipinski definition) is 6. The van der Waals surface area contributed by atoms with Gasteiger partial charge in [-0.05, 0) is 57.2 Å². The quantitative estimate of drug-likeness (QED) is 0.657. The Morgan fingerprint density at radius 1 is 1.19 bits per heavy atom. The summed E-state index contributed by atoms with van der Waals surface area (Å²) in [5.41, 5.74) is 2.69. The highest BCUT2D eigenvalue weighted by Gasteiger charge is 2.30. The number of aryl methyl sites for hydroxylation is 2. The van der Waals surface area contributed by atoms with Crippen molar-refractivity contribution in [2.45, 2.75) is 53.0 Å². The lowest BCUT2D eigenvalue weighted by molar-refractivity contribution is -0.126. The van der Waals surface area contributed by atoms with Crippen LogP contribution in [-0.4, -0.2) is 43.6 Å². The standard InChI is InChI=1S/C23H31N7O/c1-15(2)12-19(21-28-27-20-9-5-6-11-30(20)21)26-22(31)18-8-7-10-29(14-18)23-24-16(3)13-17(4)25-23/h5-6,9,11,13,15,18-19H,7-8,10,12,14H2,1-4H3,(H,26,31)/t18-,19-/m1/s1. The maximum absolute atomic E-state index is 13.3. The number of carbonyl (C=O) groups is 1. The Balaban J connectivity index is 1.51. The van der Waals surface area contributed by atoms with Crippen molar-refractivity contribution in [3.63, 3.8) is 0 Å². The number of carbonyl (C=O) groups excluding carboxylic acids is 1. The second kappa shape index (κ2) is 8.99. The maximum Gasteiger partial charge on any atom is 0.225 e. The molecule has 8 nitrogen and oxygen atoms in total. The molecule has 0 bridgehead atoms. The van der Waals surface area contributed by atoms with E-state index in [0.717, 1.165) is 54.6 Å². The fourth-order valence-electron chi connectivity index (χ4n) is 4.31. The molecule has 2 atom stereocenters. The van der Waals surface area contributed by atoms with Crippen molar-refractivity contribution in [2.75, 3.05) is 18.0 Å². The Hall–Kier alpha value is -3.03. The van der Waals surface area contributed by atoms with Crippen molar-refractivity contribution in [2.24, 2.45) is 11.8 Å². The normalized spacial score (nSPS) is 17.8. The summed E-state index contributed by atoms with van der Waals surface area (Å²) in [4.78, 5) is 24.6. The van der Waals surface area contributed by atoms with E-state index in [4.69, 9.17) is 0 Å². The van der Waals surface area contributed by atoms with Gasteiger partial charge in [0.25, 0.3) is 0 Å². The van der Waals surface area contributed by atoms with Crippen LogP contribution >= 0.6 is 0 Å². The van der Waals surface area contributed by atoms with E-state index in [0.29, 0.717) is 12.5 Å². The van der Waals surface area contributed by atoms with Gasteiger partial charge in [-0.2, -0.15) is 0 Å². The number of nitrogens with one attached hydrogen (secondary N) is 1. The van der Waals surface area contributed by atoms with Crippen LogP contribution in [0.15, 0.2) is 30.5 Å². The van der Waals surface area contributed by atoms with Crippen molar-refractivity contribution in [3.8, 4) is 0 Å². The summed E-state index contributed by atoms with van der Waals surface area (Å²) >= 11 is 0. The van der Waals surface area contributed by atoms with E-state index in [9.17, 15) is 4.79 Å².